The minimum Gasteiger partial charge on any atom is -0.449 e. The van der Waals surface area contributed by atoms with Gasteiger partial charge in [0.15, 0.2) is 0 Å². The molecule has 25 heavy (non-hydrogen) atoms. The van der Waals surface area contributed by atoms with Crippen LogP contribution in [0, 0.1) is 5.92 Å². The fourth-order valence-corrected chi connectivity index (χ4v) is 2.39. The van der Waals surface area contributed by atoms with Crippen molar-refractivity contribution in [3.63, 3.8) is 0 Å². The lowest BCUT2D eigenvalue weighted by molar-refractivity contribution is 0.147. The first-order valence-corrected chi connectivity index (χ1v) is 9.21. The maximum atomic E-state index is 11.9. The first-order chi connectivity index (χ1) is 12.3. The van der Waals surface area contributed by atoms with Crippen LogP contribution in [0.3, 0.4) is 0 Å². The summed E-state index contributed by atoms with van der Waals surface area (Å²) in [6, 6.07) is 9.36. The fraction of sp³-hybridized carbons (Fsp3) is 0.409. The molecule has 136 valence electrons. The molecule has 0 heterocycles. The highest BCUT2D eigenvalue weighted by atomic mass is 16.5. The number of allylic oxidation sites excluding steroid dienone is 5. The molecule has 1 atom stereocenters. The predicted molar refractivity (Wildman–Crippen MR) is 107 cm³/mol. The molecule has 1 N–H and O–H groups in total. The SMILES string of the molecule is C/C=C/C=C/C=C/C(CCCCCC)COC(=O)Nc1ccccc1. The molecule has 0 radical (unpaired) electrons. The van der Waals surface area contributed by atoms with Gasteiger partial charge >= 0.3 is 6.09 Å². The molecule has 0 saturated heterocycles. The van der Waals surface area contributed by atoms with Gasteiger partial charge < -0.3 is 4.74 Å². The maximum Gasteiger partial charge on any atom is 0.411 e. The second-order valence-electron chi connectivity index (χ2n) is 5.99. The molecule has 0 bridgehead atoms. The van der Waals surface area contributed by atoms with Gasteiger partial charge in [0.05, 0.1) is 6.61 Å². The average molecular weight is 341 g/mol. The number of hydrogen-bond donors (Lipinski definition) is 1. The lowest BCUT2D eigenvalue weighted by Crippen LogP contribution is -2.18. The normalized spacial score (nSPS) is 12.9. The largest absolute Gasteiger partial charge is 0.449 e. The highest BCUT2D eigenvalue weighted by molar-refractivity contribution is 5.84. The van der Waals surface area contributed by atoms with Crippen LogP contribution in [0.25, 0.3) is 0 Å². The van der Waals surface area contributed by atoms with Crippen LogP contribution in [-0.4, -0.2) is 12.7 Å². The van der Waals surface area contributed by atoms with Crippen molar-refractivity contribution in [1.82, 2.24) is 0 Å². The number of nitrogens with one attached hydrogen (secondary N) is 1. The van der Waals surface area contributed by atoms with Crippen LogP contribution >= 0.6 is 0 Å². The van der Waals surface area contributed by atoms with Crippen molar-refractivity contribution in [2.45, 2.75) is 46.0 Å². The van der Waals surface area contributed by atoms with Crippen molar-refractivity contribution in [3.8, 4) is 0 Å². The van der Waals surface area contributed by atoms with Crippen molar-refractivity contribution in [3.05, 3.63) is 66.8 Å². The molecule has 1 aromatic rings. The van der Waals surface area contributed by atoms with E-state index in [2.05, 4.69) is 18.3 Å². The topological polar surface area (TPSA) is 38.3 Å². The molecular weight excluding hydrogens is 310 g/mol. The Morgan fingerprint density at radius 2 is 1.84 bits per heavy atom. The van der Waals surface area contributed by atoms with Crippen LogP contribution < -0.4 is 5.32 Å². The van der Waals surface area contributed by atoms with Crippen molar-refractivity contribution >= 4 is 11.8 Å². The number of amides is 1. The summed E-state index contributed by atoms with van der Waals surface area (Å²) in [4.78, 5) is 11.9. The van der Waals surface area contributed by atoms with Crippen molar-refractivity contribution in [1.29, 1.82) is 0 Å². The predicted octanol–water partition coefficient (Wildman–Crippen LogP) is 6.51. The number of hydrogen-bond acceptors (Lipinski definition) is 2. The lowest BCUT2D eigenvalue weighted by Gasteiger charge is -2.14. The number of rotatable bonds is 11. The second-order valence-corrected chi connectivity index (χ2v) is 5.99. The van der Waals surface area contributed by atoms with E-state index < -0.39 is 6.09 Å². The number of benzene rings is 1. The van der Waals surface area contributed by atoms with E-state index in [1.54, 1.807) is 0 Å². The lowest BCUT2D eigenvalue weighted by atomic mass is 10.0. The Morgan fingerprint density at radius 3 is 2.56 bits per heavy atom. The van der Waals surface area contributed by atoms with Crippen molar-refractivity contribution in [2.24, 2.45) is 5.92 Å². The van der Waals surface area contributed by atoms with Gasteiger partial charge in [-0.25, -0.2) is 4.79 Å². The molecule has 0 aliphatic heterocycles. The zero-order chi connectivity index (χ0) is 18.2. The van der Waals surface area contributed by atoms with Crippen LogP contribution in [0.1, 0.15) is 46.0 Å². The summed E-state index contributed by atoms with van der Waals surface area (Å²) in [7, 11) is 0. The summed E-state index contributed by atoms with van der Waals surface area (Å²) >= 11 is 0. The summed E-state index contributed by atoms with van der Waals surface area (Å²) in [6.07, 6.45) is 17.6. The third kappa shape index (κ3) is 11.0. The van der Waals surface area contributed by atoms with Gasteiger partial charge in [0.1, 0.15) is 0 Å². The van der Waals surface area contributed by atoms with E-state index in [4.69, 9.17) is 4.74 Å². The molecule has 3 heteroatoms. The van der Waals surface area contributed by atoms with E-state index in [0.717, 1.165) is 18.5 Å². The Balaban J connectivity index is 2.45. The van der Waals surface area contributed by atoms with Gasteiger partial charge in [-0.2, -0.15) is 0 Å². The number of carbonyl (C=O) groups excluding carboxylic acids is 1. The molecule has 0 saturated carbocycles. The van der Waals surface area contributed by atoms with Crippen LogP contribution in [-0.2, 0) is 4.74 Å². The quantitative estimate of drug-likeness (QED) is 0.368. The average Bonchev–Trinajstić information content (AvgIpc) is 2.63. The van der Waals surface area contributed by atoms with Crippen LogP contribution in [0.5, 0.6) is 0 Å². The molecule has 0 aliphatic rings. The van der Waals surface area contributed by atoms with Gasteiger partial charge in [-0.15, -0.1) is 0 Å². The molecule has 0 aliphatic carbocycles. The first kappa shape index (κ1) is 20.8. The second kappa shape index (κ2) is 14.1. The smallest absolute Gasteiger partial charge is 0.411 e. The summed E-state index contributed by atoms with van der Waals surface area (Å²) in [6.45, 7) is 4.60. The van der Waals surface area contributed by atoms with Crippen LogP contribution in [0.4, 0.5) is 10.5 Å². The summed E-state index contributed by atoms with van der Waals surface area (Å²) in [5.41, 5.74) is 0.747. The summed E-state index contributed by atoms with van der Waals surface area (Å²) in [5, 5.41) is 2.75. The molecular formula is C22H31NO2. The Morgan fingerprint density at radius 1 is 1.08 bits per heavy atom. The third-order valence-corrected chi connectivity index (χ3v) is 3.79. The van der Waals surface area contributed by atoms with E-state index >= 15 is 0 Å². The maximum absolute atomic E-state index is 11.9. The first-order valence-electron chi connectivity index (χ1n) is 9.21. The van der Waals surface area contributed by atoms with E-state index in [1.165, 1.54) is 19.3 Å². The van der Waals surface area contributed by atoms with Gasteiger partial charge in [-0.05, 0) is 25.5 Å². The van der Waals surface area contributed by atoms with E-state index in [1.807, 2.05) is 67.6 Å². The van der Waals surface area contributed by atoms with E-state index in [0.29, 0.717) is 6.61 Å². The summed E-state index contributed by atoms with van der Waals surface area (Å²) < 4.78 is 5.40. The highest BCUT2D eigenvalue weighted by Crippen LogP contribution is 2.14. The number of para-hydroxylation sites is 1. The molecule has 0 aromatic heterocycles. The Labute approximate surface area is 152 Å². The number of ether oxygens (including phenoxy) is 1. The van der Waals surface area contributed by atoms with E-state index in [-0.39, 0.29) is 5.92 Å². The minimum absolute atomic E-state index is 0.244. The van der Waals surface area contributed by atoms with Gasteiger partial charge in [0.2, 0.25) is 0 Å². The minimum atomic E-state index is -0.400. The standard InChI is InChI=1S/C22H31NO2/c1-3-5-7-9-12-16-20(15-11-8-6-4-2)19-25-22(24)23-21-17-13-10-14-18-21/h3,5,7,9-10,12-14,16-18,20H,4,6,8,11,15,19H2,1-2H3,(H,23,24)/b5-3+,9-7+,16-12+. The van der Waals surface area contributed by atoms with Gasteiger partial charge in [0, 0.05) is 11.6 Å². The summed E-state index contributed by atoms with van der Waals surface area (Å²) in [5.74, 6) is 0.244. The Kier molecular flexibility index (Phi) is 11.7. The number of unbranched alkanes of at least 4 members (excludes halogenated alkanes) is 3. The van der Waals surface area contributed by atoms with Crippen molar-refractivity contribution < 1.29 is 9.53 Å². The number of anilines is 1. The Bertz CT molecular complexity index is 546. The van der Waals surface area contributed by atoms with Crippen molar-refractivity contribution in [2.75, 3.05) is 11.9 Å². The molecule has 1 rings (SSSR count). The Hall–Kier alpha value is -2.29. The molecule has 3 nitrogen and oxygen atoms in total. The number of carbonyl (C=O) groups is 1. The zero-order valence-corrected chi connectivity index (χ0v) is 15.5. The van der Waals surface area contributed by atoms with Gasteiger partial charge in [0.25, 0.3) is 0 Å². The molecule has 1 aromatic carbocycles. The van der Waals surface area contributed by atoms with Crippen LogP contribution in [0.2, 0.25) is 0 Å². The molecule has 1 amide bonds. The molecule has 0 fully saturated rings. The molecule has 1 unspecified atom stereocenters. The third-order valence-electron chi connectivity index (χ3n) is 3.79. The highest BCUT2D eigenvalue weighted by Gasteiger charge is 2.09. The molecule has 0 spiro atoms. The fourth-order valence-electron chi connectivity index (χ4n) is 2.39. The van der Waals surface area contributed by atoms with Crippen LogP contribution in [0.15, 0.2) is 66.8 Å². The van der Waals surface area contributed by atoms with E-state index in [9.17, 15) is 4.79 Å². The van der Waals surface area contributed by atoms with Gasteiger partial charge in [-0.1, -0.05) is 87.3 Å². The van der Waals surface area contributed by atoms with Gasteiger partial charge in [-0.3, -0.25) is 5.32 Å². The zero-order valence-electron chi connectivity index (χ0n) is 15.5. The monoisotopic (exact) mass is 341 g/mol.